The number of hydrogen-bond donors (Lipinski definition) is 1. The van der Waals surface area contributed by atoms with Crippen LogP contribution in [0.3, 0.4) is 0 Å². The van der Waals surface area contributed by atoms with E-state index in [2.05, 4.69) is 5.10 Å². The smallest absolute Gasteiger partial charge is 0.277 e. The molecule has 0 aromatic heterocycles. The van der Waals surface area contributed by atoms with Crippen molar-refractivity contribution >= 4 is 35.1 Å². The number of carbonyl (C=O) groups excluding carboxylic acids is 1. The fourth-order valence-corrected chi connectivity index (χ4v) is 4.93. The molecule has 0 bridgehead atoms. The van der Waals surface area contributed by atoms with E-state index < -0.39 is 0 Å². The number of nitrogens with zero attached hydrogens (tertiary/aromatic N) is 2. The maximum atomic E-state index is 12.2. The van der Waals surface area contributed by atoms with Crippen LogP contribution in [-0.4, -0.2) is 35.4 Å². The second-order valence-electron chi connectivity index (χ2n) is 4.55. The summed E-state index contributed by atoms with van der Waals surface area (Å²) in [6, 6.07) is 3.37. The molecule has 1 aromatic carbocycles. The van der Waals surface area contributed by atoms with E-state index in [4.69, 9.17) is 4.74 Å². The molecule has 2 heterocycles. The van der Waals surface area contributed by atoms with Crippen LogP contribution in [0.4, 0.5) is 0 Å². The summed E-state index contributed by atoms with van der Waals surface area (Å²) in [6.07, 6.45) is 0. The number of hydrazone groups is 1. The first kappa shape index (κ1) is 14.3. The maximum absolute atomic E-state index is 12.2. The average Bonchev–Trinajstić information content (AvgIpc) is 2.97. The number of phenols is 1. The van der Waals surface area contributed by atoms with Crippen molar-refractivity contribution in [3.05, 3.63) is 21.9 Å². The van der Waals surface area contributed by atoms with Gasteiger partial charge in [0.15, 0.2) is 0 Å². The average molecular weight is 322 g/mol. The fourth-order valence-electron chi connectivity index (χ4n) is 2.18. The Balaban J connectivity index is 2.06. The van der Waals surface area contributed by atoms with Crippen molar-refractivity contribution in [2.45, 2.75) is 23.6 Å². The van der Waals surface area contributed by atoms with Gasteiger partial charge in [0, 0.05) is 7.05 Å². The van der Waals surface area contributed by atoms with Crippen molar-refractivity contribution in [2.75, 3.05) is 13.7 Å². The standard InChI is InChI=1S/C14H14N2O3S2/c1-4-19-9-6-5-8(17)11-12(9)21-14(20-11)10-7(2)15-16(3)13(10)18/h5-6,17H,4H2,1-3H3/b14-10+. The maximum Gasteiger partial charge on any atom is 0.277 e. The molecule has 0 atom stereocenters. The molecule has 5 nitrogen and oxygen atoms in total. The highest BCUT2D eigenvalue weighted by molar-refractivity contribution is 8.25. The normalized spacial score (nSPS) is 20.8. The molecule has 3 rings (SSSR count). The number of phenolic OH excluding ortho intramolecular Hbond substituents is 1. The third-order valence-corrected chi connectivity index (χ3v) is 5.75. The Bertz CT molecular complexity index is 698. The Hall–Kier alpha value is -1.60. The van der Waals surface area contributed by atoms with E-state index in [0.29, 0.717) is 17.9 Å². The van der Waals surface area contributed by atoms with Crippen molar-refractivity contribution in [1.82, 2.24) is 5.01 Å². The number of thioether (sulfide) groups is 2. The van der Waals surface area contributed by atoms with E-state index in [0.717, 1.165) is 19.8 Å². The molecule has 0 unspecified atom stereocenters. The topological polar surface area (TPSA) is 62.1 Å². The van der Waals surface area contributed by atoms with Gasteiger partial charge in [-0.3, -0.25) is 4.79 Å². The second kappa shape index (κ2) is 5.31. The monoisotopic (exact) mass is 322 g/mol. The summed E-state index contributed by atoms with van der Waals surface area (Å²) in [5, 5.41) is 15.5. The minimum atomic E-state index is -0.118. The number of benzene rings is 1. The van der Waals surface area contributed by atoms with Crippen LogP contribution in [0.15, 0.2) is 36.8 Å². The molecule has 21 heavy (non-hydrogen) atoms. The fraction of sp³-hybridized carbons (Fsp3) is 0.286. The van der Waals surface area contributed by atoms with Gasteiger partial charge in [0.05, 0.1) is 31.9 Å². The number of carbonyl (C=O) groups is 1. The summed E-state index contributed by atoms with van der Waals surface area (Å²) < 4.78 is 6.43. The van der Waals surface area contributed by atoms with Crippen LogP contribution in [0.5, 0.6) is 11.5 Å². The van der Waals surface area contributed by atoms with Crippen LogP contribution in [0.2, 0.25) is 0 Å². The molecule has 0 radical (unpaired) electrons. The van der Waals surface area contributed by atoms with Crippen LogP contribution < -0.4 is 4.74 Å². The van der Waals surface area contributed by atoms with Gasteiger partial charge in [0.1, 0.15) is 11.5 Å². The SMILES string of the molecule is CCOc1ccc(O)c2c1S/C(=C1/C(=O)N(C)N=C1C)S2. The lowest BCUT2D eigenvalue weighted by atomic mass is 10.2. The number of likely N-dealkylation sites (N-methyl/N-ethyl adjacent to an activating group) is 1. The van der Waals surface area contributed by atoms with Crippen LogP contribution in [0.1, 0.15) is 13.8 Å². The first-order valence-electron chi connectivity index (χ1n) is 6.45. The van der Waals surface area contributed by atoms with E-state index in [1.54, 1.807) is 19.2 Å². The lowest BCUT2D eigenvalue weighted by Crippen LogP contribution is -2.17. The van der Waals surface area contributed by atoms with Crippen LogP contribution in [0, 0.1) is 0 Å². The predicted molar refractivity (Wildman–Crippen MR) is 83.9 cm³/mol. The van der Waals surface area contributed by atoms with Crippen LogP contribution >= 0.6 is 23.5 Å². The first-order chi connectivity index (χ1) is 10.0. The van der Waals surface area contributed by atoms with Crippen molar-refractivity contribution in [3.8, 4) is 11.5 Å². The Morgan fingerprint density at radius 3 is 2.67 bits per heavy atom. The van der Waals surface area contributed by atoms with E-state index in [9.17, 15) is 9.90 Å². The highest BCUT2D eigenvalue weighted by atomic mass is 32.2. The first-order valence-corrected chi connectivity index (χ1v) is 8.08. The number of fused-ring (bicyclic) bond motifs is 1. The molecule has 0 aliphatic carbocycles. The quantitative estimate of drug-likeness (QED) is 0.848. The number of amides is 1. The van der Waals surface area contributed by atoms with E-state index in [1.807, 2.05) is 13.8 Å². The van der Waals surface area contributed by atoms with E-state index in [1.165, 1.54) is 28.5 Å². The molecule has 2 aliphatic rings. The third kappa shape index (κ3) is 2.30. The van der Waals surface area contributed by atoms with Gasteiger partial charge in [-0.1, -0.05) is 23.5 Å². The summed E-state index contributed by atoms with van der Waals surface area (Å²) in [7, 11) is 1.64. The molecule has 0 fully saturated rings. The Kier molecular flexibility index (Phi) is 3.62. The molecule has 1 N–H and O–H groups in total. The largest absolute Gasteiger partial charge is 0.507 e. The summed E-state index contributed by atoms with van der Waals surface area (Å²) in [5.41, 5.74) is 1.30. The lowest BCUT2D eigenvalue weighted by Gasteiger charge is -2.08. The third-order valence-electron chi connectivity index (χ3n) is 3.12. The van der Waals surface area contributed by atoms with Gasteiger partial charge in [-0.25, -0.2) is 5.01 Å². The van der Waals surface area contributed by atoms with Crippen molar-refractivity contribution < 1.29 is 14.6 Å². The molecule has 2 aliphatic heterocycles. The predicted octanol–water partition coefficient (Wildman–Crippen LogP) is 3.05. The van der Waals surface area contributed by atoms with Crippen molar-refractivity contribution in [1.29, 1.82) is 0 Å². The summed E-state index contributed by atoms with van der Waals surface area (Å²) >= 11 is 2.85. The van der Waals surface area contributed by atoms with Gasteiger partial charge in [-0.15, -0.1) is 0 Å². The van der Waals surface area contributed by atoms with Gasteiger partial charge in [-0.05, 0) is 26.0 Å². The van der Waals surface area contributed by atoms with E-state index in [-0.39, 0.29) is 11.7 Å². The summed E-state index contributed by atoms with van der Waals surface area (Å²) in [5.74, 6) is 0.814. The highest BCUT2D eigenvalue weighted by Gasteiger charge is 2.34. The van der Waals surface area contributed by atoms with Gasteiger partial charge in [-0.2, -0.15) is 5.10 Å². The molecule has 1 amide bonds. The summed E-state index contributed by atoms with van der Waals surface area (Å²) in [6.45, 7) is 4.28. The second-order valence-corrected chi connectivity index (χ2v) is 6.85. The molecule has 0 spiro atoms. The van der Waals surface area contributed by atoms with Crippen molar-refractivity contribution in [2.24, 2.45) is 5.10 Å². The summed E-state index contributed by atoms with van der Waals surface area (Å²) in [4.78, 5) is 13.8. The zero-order valence-electron chi connectivity index (χ0n) is 11.8. The molecule has 1 aromatic rings. The molecule has 110 valence electrons. The van der Waals surface area contributed by atoms with E-state index >= 15 is 0 Å². The molecule has 0 saturated heterocycles. The molecular formula is C14H14N2O3S2. The molecular weight excluding hydrogens is 308 g/mol. The minimum Gasteiger partial charge on any atom is -0.507 e. The van der Waals surface area contributed by atoms with Crippen LogP contribution in [-0.2, 0) is 4.79 Å². The van der Waals surface area contributed by atoms with Gasteiger partial charge in [0.2, 0.25) is 0 Å². The molecule has 0 saturated carbocycles. The Morgan fingerprint density at radius 1 is 1.33 bits per heavy atom. The number of aromatic hydroxyl groups is 1. The lowest BCUT2D eigenvalue weighted by molar-refractivity contribution is -0.124. The number of rotatable bonds is 2. The highest BCUT2D eigenvalue weighted by Crippen LogP contribution is 2.59. The minimum absolute atomic E-state index is 0.118. The van der Waals surface area contributed by atoms with Gasteiger partial charge in [0.25, 0.3) is 5.91 Å². The zero-order chi connectivity index (χ0) is 15.1. The van der Waals surface area contributed by atoms with Crippen molar-refractivity contribution in [3.63, 3.8) is 0 Å². The van der Waals surface area contributed by atoms with Crippen LogP contribution in [0.25, 0.3) is 0 Å². The Labute approximate surface area is 131 Å². The van der Waals surface area contributed by atoms with Gasteiger partial charge >= 0.3 is 0 Å². The number of ether oxygens (including phenoxy) is 1. The zero-order valence-corrected chi connectivity index (χ0v) is 13.5. The Morgan fingerprint density at radius 2 is 2.05 bits per heavy atom. The molecule has 7 heteroatoms. The van der Waals surface area contributed by atoms with Gasteiger partial charge < -0.3 is 9.84 Å². The number of hydrogen-bond acceptors (Lipinski definition) is 6.